The van der Waals surface area contributed by atoms with Crippen molar-refractivity contribution >= 4 is 35.1 Å². The van der Waals surface area contributed by atoms with Gasteiger partial charge >= 0.3 is 6.16 Å². The van der Waals surface area contributed by atoms with Crippen molar-refractivity contribution in [2.24, 2.45) is 10.2 Å². The highest BCUT2D eigenvalue weighted by molar-refractivity contribution is 5.91. The van der Waals surface area contributed by atoms with Crippen molar-refractivity contribution in [1.29, 1.82) is 0 Å². The number of para-hydroxylation sites is 1. The largest absolute Gasteiger partial charge is 0.511 e. The van der Waals surface area contributed by atoms with Crippen LogP contribution in [0.2, 0.25) is 0 Å². The molecular formula is C20H26N6O5. The topological polar surface area (TPSA) is 150 Å². The number of amides is 1. The molecule has 4 N–H and O–H groups in total. The number of likely N-dealkylation sites (N-methyl/N-ethyl adjacent to an activating group) is 1. The normalized spacial score (nSPS) is 11.9. The standard InChI is InChI=1S/C20H26N6O5/c1-12(2)29-20(28)31-13(3)30-16-8-6-5-7-14(16)25-26-15-9-10-17(24-19(15)21)23-18(27)11-22-4/h5-10,12-13,22H,11H2,1-4H3,(H3,21,23,24,27)/b26-25+. The molecule has 0 aliphatic heterocycles. The van der Waals surface area contributed by atoms with Crippen molar-refractivity contribution in [2.75, 3.05) is 24.6 Å². The van der Waals surface area contributed by atoms with Gasteiger partial charge < -0.3 is 30.6 Å². The fourth-order valence-corrected chi connectivity index (χ4v) is 2.28. The number of ether oxygens (including phenoxy) is 3. The van der Waals surface area contributed by atoms with E-state index >= 15 is 0 Å². The maximum atomic E-state index is 11.6. The molecule has 1 atom stereocenters. The maximum absolute atomic E-state index is 11.6. The first-order valence-electron chi connectivity index (χ1n) is 9.54. The third-order valence-electron chi connectivity index (χ3n) is 3.53. The second-order valence-electron chi connectivity index (χ2n) is 6.57. The molecule has 1 amide bonds. The summed E-state index contributed by atoms with van der Waals surface area (Å²) in [5.74, 6) is 0.499. The number of aromatic nitrogens is 1. The summed E-state index contributed by atoms with van der Waals surface area (Å²) in [6.45, 7) is 5.13. The fraction of sp³-hybridized carbons (Fsp3) is 0.350. The van der Waals surface area contributed by atoms with Crippen LogP contribution < -0.4 is 21.1 Å². The van der Waals surface area contributed by atoms with Crippen molar-refractivity contribution in [2.45, 2.75) is 33.2 Å². The average Bonchev–Trinajstić information content (AvgIpc) is 2.67. The molecule has 0 saturated heterocycles. The number of nitrogens with two attached hydrogens (primary N) is 1. The molecule has 1 unspecified atom stereocenters. The molecule has 0 radical (unpaired) electrons. The summed E-state index contributed by atoms with van der Waals surface area (Å²) in [6.07, 6.45) is -2.04. The van der Waals surface area contributed by atoms with Gasteiger partial charge in [-0.25, -0.2) is 9.78 Å². The van der Waals surface area contributed by atoms with Crippen molar-refractivity contribution in [3.8, 4) is 5.75 Å². The molecule has 11 nitrogen and oxygen atoms in total. The molecule has 2 aromatic rings. The number of anilines is 2. The minimum absolute atomic E-state index is 0.0949. The van der Waals surface area contributed by atoms with E-state index in [2.05, 4.69) is 25.8 Å². The molecule has 0 bridgehead atoms. The van der Waals surface area contributed by atoms with E-state index in [9.17, 15) is 9.59 Å². The summed E-state index contributed by atoms with van der Waals surface area (Å²) in [7, 11) is 1.66. The summed E-state index contributed by atoms with van der Waals surface area (Å²) < 4.78 is 15.6. The third kappa shape index (κ3) is 7.90. The molecule has 11 heteroatoms. The van der Waals surface area contributed by atoms with E-state index in [0.717, 1.165) is 0 Å². The number of nitrogen functional groups attached to an aromatic ring is 1. The van der Waals surface area contributed by atoms with Crippen molar-refractivity contribution in [3.05, 3.63) is 36.4 Å². The number of nitrogens with zero attached hydrogens (tertiary/aromatic N) is 3. The minimum atomic E-state index is -0.908. The number of rotatable bonds is 9. The Hall–Kier alpha value is -3.73. The van der Waals surface area contributed by atoms with Gasteiger partial charge in [-0.2, -0.15) is 0 Å². The quantitative estimate of drug-likeness (QED) is 0.311. The third-order valence-corrected chi connectivity index (χ3v) is 3.53. The van der Waals surface area contributed by atoms with Crippen LogP contribution in [-0.4, -0.2) is 43.0 Å². The van der Waals surface area contributed by atoms with Crippen LogP contribution >= 0.6 is 0 Å². The van der Waals surface area contributed by atoms with Crippen LogP contribution in [0.15, 0.2) is 46.6 Å². The van der Waals surface area contributed by atoms with Gasteiger partial charge in [-0.15, -0.1) is 10.2 Å². The molecule has 0 saturated carbocycles. The van der Waals surface area contributed by atoms with E-state index in [1.807, 2.05) is 0 Å². The second-order valence-corrected chi connectivity index (χ2v) is 6.57. The molecule has 0 aliphatic carbocycles. The van der Waals surface area contributed by atoms with Gasteiger partial charge in [0, 0.05) is 6.92 Å². The van der Waals surface area contributed by atoms with E-state index in [-0.39, 0.29) is 24.4 Å². The van der Waals surface area contributed by atoms with E-state index in [4.69, 9.17) is 19.9 Å². The highest BCUT2D eigenvalue weighted by Crippen LogP contribution is 2.31. The minimum Gasteiger partial charge on any atom is -0.453 e. The lowest BCUT2D eigenvalue weighted by Crippen LogP contribution is -2.25. The number of carbonyl (C=O) groups is 2. The molecule has 2 rings (SSSR count). The smallest absolute Gasteiger partial charge is 0.453 e. The maximum Gasteiger partial charge on any atom is 0.511 e. The molecule has 1 aromatic carbocycles. The lowest BCUT2D eigenvalue weighted by molar-refractivity contribution is -0.115. The molecule has 0 fully saturated rings. The van der Waals surface area contributed by atoms with Gasteiger partial charge in [0.2, 0.25) is 12.2 Å². The number of benzene rings is 1. The van der Waals surface area contributed by atoms with E-state index in [1.54, 1.807) is 64.2 Å². The lowest BCUT2D eigenvalue weighted by Gasteiger charge is -2.16. The van der Waals surface area contributed by atoms with Gasteiger partial charge in [0.1, 0.15) is 17.2 Å². The van der Waals surface area contributed by atoms with Gasteiger partial charge in [0.25, 0.3) is 0 Å². The number of hydrogen-bond donors (Lipinski definition) is 3. The van der Waals surface area contributed by atoms with E-state index < -0.39 is 12.4 Å². The van der Waals surface area contributed by atoms with E-state index in [1.165, 1.54) is 0 Å². The van der Waals surface area contributed by atoms with Crippen LogP contribution in [0.3, 0.4) is 0 Å². The lowest BCUT2D eigenvalue weighted by atomic mass is 10.3. The van der Waals surface area contributed by atoms with Gasteiger partial charge in [-0.3, -0.25) is 4.79 Å². The summed E-state index contributed by atoms with van der Waals surface area (Å²) >= 11 is 0. The number of nitrogens with one attached hydrogen (secondary N) is 2. The van der Waals surface area contributed by atoms with Gasteiger partial charge in [0.15, 0.2) is 11.6 Å². The Balaban J connectivity index is 2.08. The summed E-state index contributed by atoms with van der Waals surface area (Å²) in [5.41, 5.74) is 6.62. The summed E-state index contributed by atoms with van der Waals surface area (Å²) in [6, 6.07) is 9.97. The molecular weight excluding hydrogens is 404 g/mol. The van der Waals surface area contributed by atoms with Gasteiger partial charge in [-0.05, 0) is 45.2 Å². The SMILES string of the molecule is CNCC(=O)Nc1ccc(/N=N/c2ccccc2OC(C)OC(=O)OC(C)C)c(N)n1. The summed E-state index contributed by atoms with van der Waals surface area (Å²) in [4.78, 5) is 27.3. The Morgan fingerprint density at radius 1 is 1.06 bits per heavy atom. The van der Waals surface area contributed by atoms with Crippen molar-refractivity contribution in [3.63, 3.8) is 0 Å². The van der Waals surface area contributed by atoms with Crippen LogP contribution in [0.25, 0.3) is 0 Å². The van der Waals surface area contributed by atoms with Crippen LogP contribution in [0.4, 0.5) is 27.8 Å². The Labute approximate surface area is 180 Å². The first-order chi connectivity index (χ1) is 14.8. The zero-order chi connectivity index (χ0) is 22.8. The highest BCUT2D eigenvalue weighted by Gasteiger charge is 2.15. The summed E-state index contributed by atoms with van der Waals surface area (Å²) in [5, 5.41) is 13.6. The highest BCUT2D eigenvalue weighted by atomic mass is 16.8. The first kappa shape index (κ1) is 23.5. The zero-order valence-electron chi connectivity index (χ0n) is 17.8. The van der Waals surface area contributed by atoms with Gasteiger partial charge in [-0.1, -0.05) is 12.1 Å². The number of pyridine rings is 1. The fourth-order valence-electron chi connectivity index (χ4n) is 2.28. The molecule has 1 heterocycles. The van der Waals surface area contributed by atoms with Crippen LogP contribution in [0.5, 0.6) is 5.75 Å². The van der Waals surface area contributed by atoms with E-state index in [0.29, 0.717) is 22.9 Å². The molecule has 0 spiro atoms. The van der Waals surface area contributed by atoms with Crippen LogP contribution in [0.1, 0.15) is 20.8 Å². The first-order valence-corrected chi connectivity index (χ1v) is 9.54. The predicted octanol–water partition coefficient (Wildman–Crippen LogP) is 3.52. The monoisotopic (exact) mass is 430 g/mol. The molecule has 0 aliphatic rings. The van der Waals surface area contributed by atoms with Crippen molar-refractivity contribution < 1.29 is 23.8 Å². The average molecular weight is 430 g/mol. The Bertz CT molecular complexity index is 934. The molecule has 31 heavy (non-hydrogen) atoms. The number of azo groups is 1. The Kier molecular flexibility index (Phi) is 8.70. The van der Waals surface area contributed by atoms with Crippen LogP contribution in [0, 0.1) is 0 Å². The second kappa shape index (κ2) is 11.5. The molecule has 1 aromatic heterocycles. The number of hydrogen-bond acceptors (Lipinski definition) is 10. The predicted molar refractivity (Wildman–Crippen MR) is 115 cm³/mol. The van der Waals surface area contributed by atoms with Crippen molar-refractivity contribution in [1.82, 2.24) is 10.3 Å². The number of carbonyl (C=O) groups excluding carboxylic acids is 2. The Morgan fingerprint density at radius 3 is 2.45 bits per heavy atom. The Morgan fingerprint density at radius 2 is 1.77 bits per heavy atom. The van der Waals surface area contributed by atoms with Gasteiger partial charge in [0.05, 0.1) is 12.6 Å². The van der Waals surface area contributed by atoms with Crippen LogP contribution in [-0.2, 0) is 14.3 Å². The zero-order valence-corrected chi connectivity index (χ0v) is 17.8. The molecule has 166 valence electrons.